The van der Waals surface area contributed by atoms with Crippen LogP contribution in [0.15, 0.2) is 42.5 Å². The second kappa shape index (κ2) is 4.30. The van der Waals surface area contributed by atoms with Gasteiger partial charge in [0.2, 0.25) is 6.28 Å². The van der Waals surface area contributed by atoms with Crippen LogP contribution in [0.5, 0.6) is 0 Å². The second-order valence-corrected chi connectivity index (χ2v) is 8.28. The van der Waals surface area contributed by atoms with Crippen LogP contribution in [0.25, 0.3) is 21.5 Å². The number of rotatable bonds is 1. The van der Waals surface area contributed by atoms with Gasteiger partial charge in [-0.25, -0.2) is 0 Å². The lowest BCUT2D eigenvalue weighted by atomic mass is 9.33. The van der Waals surface area contributed by atoms with Crippen LogP contribution >= 0.6 is 0 Å². The minimum absolute atomic E-state index is 0.747. The van der Waals surface area contributed by atoms with Crippen molar-refractivity contribution in [1.82, 2.24) is 4.39 Å². The molecule has 0 amide bonds. The summed E-state index contributed by atoms with van der Waals surface area (Å²) >= 11 is 0. The molecule has 3 heteroatoms. The lowest BCUT2D eigenvalue weighted by Crippen LogP contribution is -2.65. The van der Waals surface area contributed by atoms with Crippen LogP contribution in [0.1, 0.15) is 0 Å². The van der Waals surface area contributed by atoms with Crippen molar-refractivity contribution in [2.24, 2.45) is 0 Å². The maximum atomic E-state index is 2.45. The molecule has 0 saturated heterocycles. The molecule has 1 aliphatic rings. The summed E-state index contributed by atoms with van der Waals surface area (Å²) in [7, 11) is 9.01. The Balaban J connectivity index is 2.32. The molecule has 4 rings (SSSR count). The molecule has 1 aliphatic heterocycles. The molecule has 0 unspecified atom stereocenters. The molecule has 3 aromatic carbocycles. The van der Waals surface area contributed by atoms with Gasteiger partial charge in [-0.15, -0.1) is 19.1 Å². The molecule has 0 N–H and O–H groups in total. The number of benzene rings is 3. The molecule has 0 bridgehead atoms. The minimum Gasteiger partial charge on any atom is -0.482 e. The predicted octanol–water partition coefficient (Wildman–Crippen LogP) is 4.05. The zero-order chi connectivity index (χ0) is 16.6. The van der Waals surface area contributed by atoms with Crippen molar-refractivity contribution in [3.05, 3.63) is 42.5 Å². The largest absolute Gasteiger partial charge is 0.482 e. The first-order valence-electron chi connectivity index (χ1n) is 8.50. The molecule has 2 nitrogen and oxygen atoms in total. The van der Waals surface area contributed by atoms with Crippen LogP contribution in [0.3, 0.4) is 0 Å². The first-order chi connectivity index (χ1) is 10.8. The third-order valence-electron chi connectivity index (χ3n) is 6.42. The van der Waals surface area contributed by atoms with E-state index in [-0.39, 0.29) is 0 Å². The number of quaternary nitrogens is 1. The summed E-state index contributed by atoms with van der Waals surface area (Å²) in [6, 6.07) is 15.8. The van der Waals surface area contributed by atoms with Crippen LogP contribution in [-0.2, 0) is 0 Å². The highest BCUT2D eigenvalue weighted by Crippen LogP contribution is 2.43. The summed E-state index contributed by atoms with van der Waals surface area (Å²) < 4.78 is 0.952. The Morgan fingerprint density at radius 3 is 2.13 bits per heavy atom. The maximum Gasteiger partial charge on any atom is 0.236 e. The third kappa shape index (κ3) is 1.63. The molecular formula is C20H25BN2. The molecule has 0 fully saturated rings. The maximum absolute atomic E-state index is 2.45. The fraction of sp³-hybridized carbons (Fsp3) is 0.300. The third-order valence-corrected chi connectivity index (χ3v) is 6.42. The van der Waals surface area contributed by atoms with Crippen molar-refractivity contribution in [2.45, 2.75) is 13.6 Å². The number of fused-ring (bicyclic) bond motifs is 2. The molecule has 0 atom stereocenters. The zero-order valence-electron chi connectivity index (χ0n) is 15.0. The van der Waals surface area contributed by atoms with Gasteiger partial charge in [-0.05, 0) is 34.4 Å². The van der Waals surface area contributed by atoms with Crippen molar-refractivity contribution >= 4 is 44.7 Å². The average Bonchev–Trinajstić information content (AvgIpc) is 2.65. The molecule has 0 radical (unpaired) electrons. The van der Waals surface area contributed by atoms with E-state index in [4.69, 9.17) is 0 Å². The highest BCUT2D eigenvalue weighted by molar-refractivity contribution is 6.96. The van der Waals surface area contributed by atoms with Crippen LogP contribution in [0.2, 0.25) is 13.6 Å². The van der Waals surface area contributed by atoms with Crippen LogP contribution in [0.4, 0.5) is 11.4 Å². The van der Waals surface area contributed by atoms with Gasteiger partial charge in [0.05, 0.1) is 5.69 Å². The van der Waals surface area contributed by atoms with Gasteiger partial charge in [0.25, 0.3) is 0 Å². The van der Waals surface area contributed by atoms with E-state index in [0.717, 1.165) is 4.39 Å². The van der Waals surface area contributed by atoms with Crippen LogP contribution < -0.4 is 14.8 Å². The Bertz CT molecular complexity index is 955. The quantitative estimate of drug-likeness (QED) is 0.484. The SMILES string of the molecule is CN(C)c1cccc2cc3cccc4c3c(c12)[B-](C)(C)[N+]4(C)C. The Kier molecular flexibility index (Phi) is 2.73. The molecular weight excluding hydrogens is 279 g/mol. The summed E-state index contributed by atoms with van der Waals surface area (Å²) in [5, 5.41) is 5.64. The van der Waals surface area contributed by atoms with Crippen LogP contribution in [-0.4, -0.2) is 34.5 Å². The Morgan fingerprint density at radius 1 is 0.870 bits per heavy atom. The van der Waals surface area contributed by atoms with Crippen molar-refractivity contribution in [3.63, 3.8) is 0 Å². The minimum atomic E-state index is -0.747. The molecule has 0 saturated carbocycles. The van der Waals surface area contributed by atoms with Gasteiger partial charge >= 0.3 is 0 Å². The molecule has 118 valence electrons. The smallest absolute Gasteiger partial charge is 0.236 e. The molecule has 3 aromatic rings. The average molecular weight is 304 g/mol. The summed E-state index contributed by atoms with van der Waals surface area (Å²) in [5.41, 5.74) is 4.34. The van der Waals surface area contributed by atoms with Crippen molar-refractivity contribution < 1.29 is 0 Å². The van der Waals surface area contributed by atoms with Crippen molar-refractivity contribution in [3.8, 4) is 0 Å². The summed E-state index contributed by atoms with van der Waals surface area (Å²) in [4.78, 5) is 2.25. The first-order valence-corrected chi connectivity index (χ1v) is 8.50. The number of hydrogen-bond acceptors (Lipinski definition) is 1. The van der Waals surface area contributed by atoms with E-state index in [0.29, 0.717) is 0 Å². The predicted molar refractivity (Wildman–Crippen MR) is 107 cm³/mol. The molecule has 0 aromatic heterocycles. The lowest BCUT2D eigenvalue weighted by Gasteiger charge is -2.47. The van der Waals surface area contributed by atoms with Crippen LogP contribution in [0, 0.1) is 0 Å². The van der Waals surface area contributed by atoms with Gasteiger partial charge in [-0.3, -0.25) is 0 Å². The Morgan fingerprint density at radius 2 is 1.48 bits per heavy atom. The van der Waals surface area contributed by atoms with Crippen molar-refractivity contribution in [2.75, 3.05) is 33.1 Å². The number of nitrogens with zero attached hydrogens (tertiary/aromatic N) is 2. The second-order valence-electron chi connectivity index (χ2n) is 8.28. The van der Waals surface area contributed by atoms with Gasteiger partial charge in [-0.2, -0.15) is 0 Å². The lowest BCUT2D eigenvalue weighted by molar-refractivity contribution is 0.615. The topological polar surface area (TPSA) is 3.24 Å². The van der Waals surface area contributed by atoms with Gasteiger partial charge in [0, 0.05) is 39.3 Å². The fourth-order valence-corrected chi connectivity index (χ4v) is 4.46. The zero-order valence-corrected chi connectivity index (χ0v) is 15.0. The van der Waals surface area contributed by atoms with E-state index in [1.54, 1.807) is 5.46 Å². The van der Waals surface area contributed by atoms with E-state index in [9.17, 15) is 0 Å². The molecule has 0 spiro atoms. The standard InChI is InChI=1S/C20H25BN2/c1-21(2)20-18-14(9-7-11-16(18)22(3)4)13-15-10-8-12-17(19(15)20)23(21,5)6/h7-13H,1-6H3. The monoisotopic (exact) mass is 304 g/mol. The Labute approximate surface area is 138 Å². The fourth-order valence-electron chi connectivity index (χ4n) is 4.46. The number of hydrogen-bond donors (Lipinski definition) is 0. The molecule has 23 heavy (non-hydrogen) atoms. The number of anilines is 1. The molecule has 1 heterocycles. The summed E-state index contributed by atoms with van der Waals surface area (Å²) in [5.74, 6) is 0. The van der Waals surface area contributed by atoms with E-state index in [1.165, 1.54) is 32.9 Å². The van der Waals surface area contributed by atoms with Crippen molar-refractivity contribution in [1.29, 1.82) is 0 Å². The first kappa shape index (κ1) is 14.6. The normalized spacial score (nSPS) is 17.8. The van der Waals surface area contributed by atoms with E-state index >= 15 is 0 Å². The van der Waals surface area contributed by atoms with E-state index in [1.807, 2.05) is 0 Å². The summed E-state index contributed by atoms with van der Waals surface area (Å²) in [6.07, 6.45) is -0.747. The highest BCUT2D eigenvalue weighted by atomic mass is 15.3. The van der Waals surface area contributed by atoms with Gasteiger partial charge in [-0.1, -0.05) is 24.3 Å². The van der Waals surface area contributed by atoms with E-state index in [2.05, 4.69) is 89.2 Å². The Hall–Kier alpha value is -2.00. The van der Waals surface area contributed by atoms with Gasteiger partial charge in [0.1, 0.15) is 0 Å². The summed E-state index contributed by atoms with van der Waals surface area (Å²) in [6.45, 7) is 4.89. The van der Waals surface area contributed by atoms with Gasteiger partial charge in [0.15, 0.2) is 0 Å². The molecule has 0 aliphatic carbocycles. The van der Waals surface area contributed by atoms with E-state index < -0.39 is 6.28 Å². The highest BCUT2D eigenvalue weighted by Gasteiger charge is 2.45. The van der Waals surface area contributed by atoms with Gasteiger partial charge < -0.3 is 9.29 Å².